The summed E-state index contributed by atoms with van der Waals surface area (Å²) in [6.45, 7) is 3.21. The highest BCUT2D eigenvalue weighted by Crippen LogP contribution is 2.31. The minimum absolute atomic E-state index is 0.138. The number of hydrogen-bond acceptors (Lipinski definition) is 5. The van der Waals surface area contributed by atoms with Crippen LogP contribution >= 0.6 is 11.3 Å². The maximum atomic E-state index is 12.7. The molecule has 4 rings (SSSR count). The molecule has 6 heteroatoms. The van der Waals surface area contributed by atoms with E-state index in [1.807, 2.05) is 29.3 Å². The monoisotopic (exact) mass is 332 g/mol. The Bertz CT molecular complexity index is 695. The molecule has 1 aliphatic carbocycles. The lowest BCUT2D eigenvalue weighted by Gasteiger charge is -2.37. The van der Waals surface area contributed by atoms with Crippen LogP contribution in [0.2, 0.25) is 0 Å². The molecule has 122 valence electrons. The van der Waals surface area contributed by atoms with Crippen molar-refractivity contribution < 1.29 is 13.9 Å². The summed E-state index contributed by atoms with van der Waals surface area (Å²) in [6.07, 6.45) is 3.80. The van der Waals surface area contributed by atoms with Crippen LogP contribution in [-0.4, -0.2) is 41.1 Å². The second-order valence-electron chi connectivity index (χ2n) is 6.17. The van der Waals surface area contributed by atoms with Crippen LogP contribution in [0.15, 0.2) is 21.9 Å². The van der Waals surface area contributed by atoms with Gasteiger partial charge in [0.25, 0.3) is 0 Å². The van der Waals surface area contributed by atoms with Crippen molar-refractivity contribution in [3.63, 3.8) is 0 Å². The number of aryl methyl sites for hydroxylation is 1. The first-order chi connectivity index (χ1) is 11.2. The van der Waals surface area contributed by atoms with Crippen LogP contribution in [0.3, 0.4) is 0 Å². The molecule has 1 saturated carbocycles. The molecule has 1 saturated heterocycles. The van der Waals surface area contributed by atoms with E-state index in [1.165, 1.54) is 0 Å². The molecule has 23 heavy (non-hydrogen) atoms. The Labute approximate surface area is 139 Å². The molecule has 0 radical (unpaired) electrons. The highest BCUT2D eigenvalue weighted by molar-refractivity contribution is 7.13. The molecular formula is C17H20N2O3S. The van der Waals surface area contributed by atoms with E-state index < -0.39 is 0 Å². The molecule has 0 unspecified atom stereocenters. The van der Waals surface area contributed by atoms with Gasteiger partial charge in [-0.15, -0.1) is 11.3 Å². The van der Waals surface area contributed by atoms with Crippen LogP contribution in [0.4, 0.5) is 0 Å². The number of carbonyl (C=O) groups excluding carboxylic acids is 1. The van der Waals surface area contributed by atoms with Gasteiger partial charge in [0.15, 0.2) is 0 Å². The maximum absolute atomic E-state index is 12.7. The van der Waals surface area contributed by atoms with Gasteiger partial charge in [0.2, 0.25) is 11.8 Å². The Hall–Kier alpha value is -1.66. The zero-order chi connectivity index (χ0) is 15.8. The summed E-state index contributed by atoms with van der Waals surface area (Å²) < 4.78 is 11.5. The van der Waals surface area contributed by atoms with E-state index in [0.29, 0.717) is 25.5 Å². The third-order valence-corrected chi connectivity index (χ3v) is 5.60. The van der Waals surface area contributed by atoms with E-state index in [2.05, 4.69) is 4.98 Å². The number of oxazole rings is 1. The molecule has 2 fully saturated rings. The van der Waals surface area contributed by atoms with Crippen molar-refractivity contribution in [2.24, 2.45) is 0 Å². The zero-order valence-corrected chi connectivity index (χ0v) is 14.0. The summed E-state index contributed by atoms with van der Waals surface area (Å²) in [5, 5.41) is 1.99. The summed E-state index contributed by atoms with van der Waals surface area (Å²) in [6, 6.07) is 4.20. The van der Waals surface area contributed by atoms with Crippen molar-refractivity contribution >= 4 is 17.2 Å². The van der Waals surface area contributed by atoms with Crippen LogP contribution in [0.1, 0.15) is 30.7 Å². The lowest BCUT2D eigenvalue weighted by atomic mass is 10.1. The Morgan fingerprint density at radius 3 is 3.22 bits per heavy atom. The predicted molar refractivity (Wildman–Crippen MR) is 87.3 cm³/mol. The van der Waals surface area contributed by atoms with E-state index in [9.17, 15) is 4.79 Å². The average Bonchev–Trinajstić information content (AvgIpc) is 3.27. The fourth-order valence-electron chi connectivity index (χ4n) is 3.58. The number of nitrogens with zero attached hydrogens (tertiary/aromatic N) is 2. The largest absolute Gasteiger partial charge is 0.440 e. The number of fused-ring (bicyclic) bond motifs is 1. The van der Waals surface area contributed by atoms with E-state index in [4.69, 9.17) is 9.15 Å². The second-order valence-corrected chi connectivity index (χ2v) is 7.12. The van der Waals surface area contributed by atoms with Gasteiger partial charge in [0.05, 0.1) is 35.7 Å². The van der Waals surface area contributed by atoms with E-state index in [0.717, 1.165) is 35.6 Å². The van der Waals surface area contributed by atoms with Crippen molar-refractivity contribution in [1.82, 2.24) is 9.88 Å². The van der Waals surface area contributed by atoms with Crippen molar-refractivity contribution in [3.8, 4) is 10.8 Å². The molecule has 0 bridgehead atoms. The van der Waals surface area contributed by atoms with Crippen LogP contribution < -0.4 is 0 Å². The third kappa shape index (κ3) is 2.81. The first-order valence-corrected chi connectivity index (χ1v) is 9.01. The molecule has 1 amide bonds. The van der Waals surface area contributed by atoms with E-state index in [1.54, 1.807) is 11.3 Å². The van der Waals surface area contributed by atoms with Crippen molar-refractivity contribution in [1.29, 1.82) is 0 Å². The van der Waals surface area contributed by atoms with E-state index >= 15 is 0 Å². The molecule has 2 aromatic heterocycles. The molecular weight excluding hydrogens is 312 g/mol. The summed E-state index contributed by atoms with van der Waals surface area (Å²) in [5.74, 6) is 1.48. The number of aromatic nitrogens is 1. The highest BCUT2D eigenvalue weighted by Gasteiger charge is 2.38. The SMILES string of the molecule is Cc1oc(-c2cccs2)nc1CC(=O)N1CCO[C@H]2CCC[C@H]21. The van der Waals surface area contributed by atoms with Gasteiger partial charge in [-0.2, -0.15) is 0 Å². The van der Waals surface area contributed by atoms with Crippen LogP contribution in [0, 0.1) is 6.92 Å². The average molecular weight is 332 g/mol. The zero-order valence-electron chi connectivity index (χ0n) is 13.2. The summed E-state index contributed by atoms with van der Waals surface area (Å²) in [5.41, 5.74) is 0.749. The summed E-state index contributed by atoms with van der Waals surface area (Å²) in [7, 11) is 0. The van der Waals surface area contributed by atoms with Gasteiger partial charge in [0, 0.05) is 6.54 Å². The summed E-state index contributed by atoms with van der Waals surface area (Å²) >= 11 is 1.59. The predicted octanol–water partition coefficient (Wildman–Crippen LogP) is 3.03. The fraction of sp³-hybridized carbons (Fsp3) is 0.529. The Morgan fingerprint density at radius 1 is 1.48 bits per heavy atom. The standard InChI is InChI=1S/C17H20N2O3S/c1-11-12(18-17(22-11)15-6-3-9-23-15)10-16(20)19-7-8-21-14-5-2-4-13(14)19/h3,6,9,13-14H,2,4-5,7-8,10H2,1H3/t13-,14+/m1/s1. The van der Waals surface area contributed by atoms with Gasteiger partial charge in [0.1, 0.15) is 5.76 Å². The molecule has 5 nitrogen and oxygen atoms in total. The van der Waals surface area contributed by atoms with Crippen LogP contribution in [0.25, 0.3) is 10.8 Å². The molecule has 0 aromatic carbocycles. The van der Waals surface area contributed by atoms with Crippen molar-refractivity contribution in [2.45, 2.75) is 44.8 Å². The quantitative estimate of drug-likeness (QED) is 0.867. The molecule has 0 N–H and O–H groups in total. The van der Waals surface area contributed by atoms with E-state index in [-0.39, 0.29) is 18.1 Å². The first kappa shape index (κ1) is 14.9. The minimum atomic E-state index is 0.138. The molecule has 3 heterocycles. The normalized spacial score (nSPS) is 24.0. The molecule has 1 aliphatic heterocycles. The number of ether oxygens (including phenoxy) is 1. The van der Waals surface area contributed by atoms with Crippen LogP contribution in [0.5, 0.6) is 0 Å². The number of rotatable bonds is 3. The lowest BCUT2D eigenvalue weighted by Crippen LogP contribution is -2.51. The number of morpholine rings is 1. The second kappa shape index (κ2) is 6.09. The molecule has 2 aliphatic rings. The minimum Gasteiger partial charge on any atom is -0.440 e. The Morgan fingerprint density at radius 2 is 2.39 bits per heavy atom. The van der Waals surface area contributed by atoms with Gasteiger partial charge < -0.3 is 14.1 Å². The fourth-order valence-corrected chi connectivity index (χ4v) is 4.23. The molecule has 2 atom stereocenters. The van der Waals surface area contributed by atoms with Gasteiger partial charge >= 0.3 is 0 Å². The Balaban J connectivity index is 1.50. The topological polar surface area (TPSA) is 55.6 Å². The lowest BCUT2D eigenvalue weighted by molar-refractivity contribution is -0.143. The van der Waals surface area contributed by atoms with Gasteiger partial charge in [-0.1, -0.05) is 6.07 Å². The first-order valence-electron chi connectivity index (χ1n) is 8.13. The molecule has 2 aromatic rings. The van der Waals surface area contributed by atoms with Crippen molar-refractivity contribution in [3.05, 3.63) is 29.0 Å². The smallest absolute Gasteiger partial charge is 0.236 e. The van der Waals surface area contributed by atoms with Crippen LogP contribution in [-0.2, 0) is 16.0 Å². The van der Waals surface area contributed by atoms with Gasteiger partial charge in [-0.25, -0.2) is 4.98 Å². The number of thiophene rings is 1. The van der Waals surface area contributed by atoms with Gasteiger partial charge in [-0.05, 0) is 37.6 Å². The van der Waals surface area contributed by atoms with Crippen molar-refractivity contribution in [2.75, 3.05) is 13.2 Å². The maximum Gasteiger partial charge on any atom is 0.236 e. The highest BCUT2D eigenvalue weighted by atomic mass is 32.1. The Kier molecular flexibility index (Phi) is 3.95. The third-order valence-electron chi connectivity index (χ3n) is 4.75. The number of hydrogen-bond donors (Lipinski definition) is 0. The van der Waals surface area contributed by atoms with Gasteiger partial charge in [-0.3, -0.25) is 4.79 Å². The molecule has 0 spiro atoms. The summed E-state index contributed by atoms with van der Waals surface area (Å²) in [4.78, 5) is 20.3. The number of carbonyl (C=O) groups is 1. The number of amides is 1.